The van der Waals surface area contributed by atoms with Crippen LogP contribution in [0.25, 0.3) is 0 Å². The number of quaternary nitrogens is 1. The maximum absolute atomic E-state index is 18.0. The molecular weight excluding hydrogens is 1120 g/mol. The number of likely N-dealkylation sites (N-methyl/N-ethyl adjacent to an activating group) is 1. The van der Waals surface area contributed by atoms with Gasteiger partial charge in [0, 0.05) is 31.8 Å². The van der Waals surface area contributed by atoms with Crippen LogP contribution in [-0.4, -0.2) is 125 Å². The van der Waals surface area contributed by atoms with E-state index >= 15 is 19.4 Å². The van der Waals surface area contributed by atoms with Crippen LogP contribution in [0.15, 0.2) is 12.2 Å². The van der Waals surface area contributed by atoms with E-state index in [9.17, 15) is 52.0 Å². The number of hydrogen-bond donors (Lipinski definition) is 1. The van der Waals surface area contributed by atoms with Gasteiger partial charge in [0.2, 0.25) is 5.66 Å². The second-order valence-corrected chi connectivity index (χ2v) is 27.4. The van der Waals surface area contributed by atoms with Gasteiger partial charge in [0.1, 0.15) is 0 Å². The van der Waals surface area contributed by atoms with Crippen molar-refractivity contribution in [2.75, 3.05) is 39.8 Å². The first-order valence-corrected chi connectivity index (χ1v) is 35.2. The number of halogens is 5. The van der Waals surface area contributed by atoms with Gasteiger partial charge in [-0.3, -0.25) is 0 Å². The Balaban J connectivity index is 11.1. The van der Waals surface area contributed by atoms with E-state index in [-0.39, 0.29) is 64.2 Å². The van der Waals surface area contributed by atoms with Crippen molar-refractivity contribution in [1.82, 2.24) is 17.2 Å². The number of hydrogen-bond acceptors (Lipinski definition) is 11. The van der Waals surface area contributed by atoms with E-state index in [0.717, 1.165) is 0 Å². The SMILES string of the molecule is C=C(C(=O)O)C(CCC)C(N(CCCCCCCC)S(=O)(=O)F)(C(N(CCCCCCCC)S(=O)(=O)F)(N(CCCCCCCC)S(=O)(=O)F)N(CCCCCCCC)S(=O)(=O)F)[N+](C)(CCCCCCCC)S(=O)(=O)F. The summed E-state index contributed by atoms with van der Waals surface area (Å²) in [5, 5.41) is 11.1. The topological polar surface area (TPSA) is 221 Å². The molecule has 0 saturated heterocycles. The van der Waals surface area contributed by atoms with Crippen LogP contribution in [0.1, 0.15) is 247 Å². The standard InChI is InChI=1S/C50H98F5N5O12S5/c1-9-15-20-25-30-35-41-56(73(51,63)64)49(47(40-14-6)46(7)48(61)62,60(8,77(55,71)72)45-39-34-29-24-19-13-5)50(57(74(52,65)66)42-36-31-26-21-16-10-2,58(75(53,67)68)43-37-32-27-22-17-11-3)59(76(54,69)70)44-38-33-28-23-18-12-4/h47H,7,9-45H2,1-6,8H3/p+1. The first-order chi connectivity index (χ1) is 35.9. The Hall–Kier alpha value is -1.59. The van der Waals surface area contributed by atoms with E-state index in [4.69, 9.17) is 0 Å². The van der Waals surface area contributed by atoms with E-state index < -0.39 is 180 Å². The Kier molecular flexibility index (Phi) is 36.0. The lowest BCUT2D eigenvalue weighted by Gasteiger charge is -2.66. The summed E-state index contributed by atoms with van der Waals surface area (Å²) >= 11 is 0. The molecule has 0 aliphatic rings. The number of aliphatic carboxylic acids is 1. The van der Waals surface area contributed by atoms with Crippen molar-refractivity contribution in [2.24, 2.45) is 5.92 Å². The zero-order valence-electron chi connectivity index (χ0n) is 47.6. The second kappa shape index (κ2) is 36.8. The molecule has 27 heteroatoms. The van der Waals surface area contributed by atoms with Crippen molar-refractivity contribution in [3.05, 3.63) is 12.2 Å². The predicted molar refractivity (Wildman–Crippen MR) is 296 cm³/mol. The molecule has 460 valence electrons. The normalized spacial score (nSPS) is 15.4. The third-order valence-corrected chi connectivity index (χ3v) is 20.0. The number of unbranched alkanes of at least 4 members (excludes halogenated alkanes) is 25. The lowest BCUT2D eigenvalue weighted by atomic mass is 9.75. The number of nitrogens with zero attached hydrogens (tertiary/aromatic N) is 5. The van der Waals surface area contributed by atoms with Gasteiger partial charge in [0.15, 0.2) is 0 Å². The highest BCUT2D eigenvalue weighted by atomic mass is 32.3. The molecule has 0 saturated carbocycles. The maximum Gasteiger partial charge on any atom is 0.475 e. The van der Waals surface area contributed by atoms with E-state index in [1.54, 1.807) is 0 Å². The Labute approximate surface area is 464 Å². The molecule has 0 rings (SSSR count). The highest BCUT2D eigenvalue weighted by Gasteiger charge is 2.85. The monoisotopic (exact) mass is 1220 g/mol. The summed E-state index contributed by atoms with van der Waals surface area (Å²) in [5.74, 6) is -10.1. The van der Waals surface area contributed by atoms with Gasteiger partial charge >= 0.3 is 58.0 Å². The summed E-state index contributed by atoms with van der Waals surface area (Å²) in [7, 11) is -35.0. The molecule has 0 amide bonds. The van der Waals surface area contributed by atoms with E-state index in [1.807, 2.05) is 34.6 Å². The lowest BCUT2D eigenvalue weighted by Crippen LogP contribution is -2.94. The largest absolute Gasteiger partial charge is 0.478 e. The zero-order valence-corrected chi connectivity index (χ0v) is 51.6. The van der Waals surface area contributed by atoms with Gasteiger partial charge in [-0.15, -0.1) is 25.6 Å². The molecule has 0 bridgehead atoms. The third-order valence-electron chi connectivity index (χ3n) is 14.7. The summed E-state index contributed by atoms with van der Waals surface area (Å²) in [4.78, 5) is 13.7. The highest BCUT2D eigenvalue weighted by Crippen LogP contribution is 2.58. The van der Waals surface area contributed by atoms with Crippen LogP contribution in [-0.2, 0) is 56.8 Å². The van der Waals surface area contributed by atoms with Crippen molar-refractivity contribution in [3.8, 4) is 0 Å². The Bertz CT molecular complexity index is 2150. The molecule has 3 atom stereocenters. The molecule has 0 heterocycles. The zero-order chi connectivity index (χ0) is 59.2. The summed E-state index contributed by atoms with van der Waals surface area (Å²) in [6.07, 6.45) is 5.07. The van der Waals surface area contributed by atoms with E-state index in [2.05, 4.69) is 6.58 Å². The Morgan fingerprint density at radius 1 is 0.429 bits per heavy atom. The van der Waals surface area contributed by atoms with Crippen molar-refractivity contribution >= 4 is 58.0 Å². The van der Waals surface area contributed by atoms with Crippen molar-refractivity contribution < 1.29 is 75.3 Å². The summed E-state index contributed by atoms with van der Waals surface area (Å²) < 4.78 is 231. The molecule has 1 N–H and O–H groups in total. The minimum Gasteiger partial charge on any atom is -0.478 e. The van der Waals surface area contributed by atoms with E-state index in [0.29, 0.717) is 103 Å². The number of carboxylic acid groups (broad SMARTS) is 1. The highest BCUT2D eigenvalue weighted by molar-refractivity contribution is 7.86. The van der Waals surface area contributed by atoms with Gasteiger partial charge in [-0.05, 0) is 44.9 Å². The minimum atomic E-state index is -7.11. The Morgan fingerprint density at radius 3 is 0.909 bits per heavy atom. The van der Waals surface area contributed by atoms with Gasteiger partial charge in [0.05, 0.1) is 19.5 Å². The molecule has 0 aromatic rings. The summed E-state index contributed by atoms with van der Waals surface area (Å²) in [6, 6.07) is 0. The van der Waals surface area contributed by atoms with Crippen molar-refractivity contribution in [2.45, 2.75) is 258 Å². The molecular formula is C50H99F5N5O12S5+. The fourth-order valence-corrected chi connectivity index (χ4v) is 16.2. The first kappa shape index (κ1) is 75.4. The van der Waals surface area contributed by atoms with Gasteiger partial charge in [-0.2, -0.15) is 37.6 Å². The lowest BCUT2D eigenvalue weighted by molar-refractivity contribution is -0.878. The third kappa shape index (κ3) is 22.6. The Morgan fingerprint density at radius 2 is 0.675 bits per heavy atom. The molecule has 3 unspecified atom stereocenters. The molecule has 0 fully saturated rings. The van der Waals surface area contributed by atoms with Crippen LogP contribution in [0.3, 0.4) is 0 Å². The molecule has 0 radical (unpaired) electrons. The van der Waals surface area contributed by atoms with Gasteiger partial charge in [0.25, 0.3) is 5.79 Å². The molecule has 77 heavy (non-hydrogen) atoms. The van der Waals surface area contributed by atoms with Crippen LogP contribution < -0.4 is 0 Å². The molecule has 0 aliphatic carbocycles. The number of carboxylic acids is 1. The van der Waals surface area contributed by atoms with Gasteiger partial charge in [-0.25, -0.2) is 4.79 Å². The molecule has 0 aliphatic heterocycles. The fourth-order valence-electron chi connectivity index (χ4n) is 10.9. The fraction of sp³-hybridized carbons (Fsp3) is 0.940. The second-order valence-electron chi connectivity index (χ2n) is 20.7. The minimum absolute atomic E-state index is 0.0702. The maximum atomic E-state index is 18.0. The first-order valence-electron chi connectivity index (χ1n) is 28.5. The predicted octanol–water partition coefficient (Wildman–Crippen LogP) is 12.9. The van der Waals surface area contributed by atoms with Gasteiger partial charge in [-0.1, -0.05) is 228 Å². The molecule has 17 nitrogen and oxygen atoms in total. The van der Waals surface area contributed by atoms with Crippen molar-refractivity contribution in [1.29, 1.82) is 0 Å². The number of carbonyl (C=O) groups is 1. The molecule has 0 spiro atoms. The smallest absolute Gasteiger partial charge is 0.475 e. The molecule has 0 aromatic heterocycles. The molecule has 0 aromatic carbocycles. The van der Waals surface area contributed by atoms with Crippen molar-refractivity contribution in [3.63, 3.8) is 0 Å². The average Bonchev–Trinajstić information content (AvgIpc) is 3.31. The average molecular weight is 1220 g/mol. The summed E-state index contributed by atoms with van der Waals surface area (Å²) in [6.45, 7) is 6.77. The summed E-state index contributed by atoms with van der Waals surface area (Å²) in [5.41, 5.74) is -6.09. The quantitative estimate of drug-likeness (QED) is 0.0150. The number of rotatable bonds is 51. The van der Waals surface area contributed by atoms with E-state index in [1.165, 1.54) is 6.92 Å². The van der Waals surface area contributed by atoms with Crippen LogP contribution in [0, 0.1) is 5.92 Å². The van der Waals surface area contributed by atoms with Crippen LogP contribution in [0.2, 0.25) is 0 Å². The van der Waals surface area contributed by atoms with Crippen LogP contribution in [0.4, 0.5) is 19.4 Å². The van der Waals surface area contributed by atoms with Gasteiger partial charge < -0.3 is 5.11 Å². The van der Waals surface area contributed by atoms with Crippen LogP contribution >= 0.6 is 0 Å². The van der Waals surface area contributed by atoms with Crippen LogP contribution in [0.5, 0.6) is 0 Å².